The number of aromatic nitrogens is 1. The number of rotatable bonds is 5. The van der Waals surface area contributed by atoms with Gasteiger partial charge in [-0.05, 0) is 42.2 Å². The van der Waals surface area contributed by atoms with Gasteiger partial charge < -0.3 is 10.2 Å². The Labute approximate surface area is 156 Å². The number of aliphatic hydroxyl groups is 1. The molecule has 0 saturated carbocycles. The summed E-state index contributed by atoms with van der Waals surface area (Å²) in [5, 5.41) is 21.0. The summed E-state index contributed by atoms with van der Waals surface area (Å²) >= 11 is 6.16. The number of pyridine rings is 1. The van der Waals surface area contributed by atoms with Crippen molar-refractivity contribution in [3.8, 4) is 0 Å². The van der Waals surface area contributed by atoms with Crippen LogP contribution in [0.3, 0.4) is 0 Å². The van der Waals surface area contributed by atoms with Crippen LogP contribution < -0.4 is 0 Å². The molecule has 0 spiro atoms. The van der Waals surface area contributed by atoms with Crippen LogP contribution in [-0.4, -0.2) is 45.3 Å². The van der Waals surface area contributed by atoms with Crippen molar-refractivity contribution >= 4 is 17.6 Å². The first-order valence-corrected chi connectivity index (χ1v) is 8.75. The van der Waals surface area contributed by atoms with Crippen molar-refractivity contribution in [2.24, 2.45) is 5.41 Å². The number of nitrogens with zero attached hydrogens (tertiary/aromatic N) is 2. The summed E-state index contributed by atoms with van der Waals surface area (Å²) in [5.74, 6) is -1.43. The first-order valence-electron chi connectivity index (χ1n) is 8.37. The lowest BCUT2D eigenvalue weighted by Crippen LogP contribution is -2.56. The molecule has 2 aromatic rings. The molecule has 2 N–H and O–H groups in total. The van der Waals surface area contributed by atoms with Crippen LogP contribution in [0.15, 0.2) is 42.7 Å². The normalized spacial score (nSPS) is 23.7. The Balaban J connectivity index is 1.84. The lowest BCUT2D eigenvalue weighted by molar-refractivity contribution is -0.163. The van der Waals surface area contributed by atoms with E-state index in [9.17, 15) is 19.4 Å². The molecular weight excluding hydrogens is 359 g/mol. The maximum Gasteiger partial charge on any atom is 0.313 e. The molecule has 2 atom stereocenters. The Bertz CT molecular complexity index is 787. The van der Waals surface area contributed by atoms with E-state index in [1.807, 2.05) is 4.90 Å². The van der Waals surface area contributed by atoms with E-state index in [2.05, 4.69) is 4.98 Å². The minimum atomic E-state index is -1.35. The van der Waals surface area contributed by atoms with Crippen LogP contribution in [0.4, 0.5) is 4.39 Å². The fourth-order valence-electron chi connectivity index (χ4n) is 3.50. The molecule has 1 aliphatic rings. The zero-order chi connectivity index (χ0) is 18.7. The van der Waals surface area contributed by atoms with E-state index in [4.69, 9.17) is 11.6 Å². The van der Waals surface area contributed by atoms with Gasteiger partial charge in [-0.3, -0.25) is 14.7 Å². The first-order chi connectivity index (χ1) is 12.4. The minimum absolute atomic E-state index is 0.129. The number of benzene rings is 1. The number of carboxylic acids is 1. The van der Waals surface area contributed by atoms with Crippen LogP contribution in [0.2, 0.25) is 5.02 Å². The van der Waals surface area contributed by atoms with E-state index in [0.717, 1.165) is 5.56 Å². The molecule has 0 unspecified atom stereocenters. The van der Waals surface area contributed by atoms with Gasteiger partial charge in [0.1, 0.15) is 11.2 Å². The smallest absolute Gasteiger partial charge is 0.313 e. The molecule has 1 fully saturated rings. The first kappa shape index (κ1) is 18.8. The number of carbonyl (C=O) groups is 1. The second kappa shape index (κ2) is 7.70. The molecule has 7 heteroatoms. The number of hydrogen-bond acceptors (Lipinski definition) is 4. The largest absolute Gasteiger partial charge is 0.481 e. The summed E-state index contributed by atoms with van der Waals surface area (Å²) in [7, 11) is 0. The molecule has 5 nitrogen and oxygen atoms in total. The van der Waals surface area contributed by atoms with Gasteiger partial charge in [0.15, 0.2) is 0 Å². The molecule has 1 aliphatic heterocycles. The summed E-state index contributed by atoms with van der Waals surface area (Å²) in [5.41, 5.74) is 0.186. The summed E-state index contributed by atoms with van der Waals surface area (Å²) in [4.78, 5) is 18.1. The lowest BCUT2D eigenvalue weighted by atomic mass is 9.72. The third kappa shape index (κ3) is 3.87. The van der Waals surface area contributed by atoms with Gasteiger partial charge in [-0.25, -0.2) is 4.39 Å². The highest BCUT2D eigenvalue weighted by Crippen LogP contribution is 2.35. The molecule has 2 heterocycles. The maximum absolute atomic E-state index is 13.1. The highest BCUT2D eigenvalue weighted by molar-refractivity contribution is 6.31. The third-order valence-corrected chi connectivity index (χ3v) is 5.31. The predicted octanol–water partition coefficient (Wildman–Crippen LogP) is 2.75. The number of aliphatic hydroxyl groups excluding tert-OH is 1. The Hall–Kier alpha value is -2.02. The van der Waals surface area contributed by atoms with Crippen molar-refractivity contribution in [1.29, 1.82) is 0 Å². The van der Waals surface area contributed by atoms with E-state index in [1.54, 1.807) is 30.6 Å². The van der Waals surface area contributed by atoms with Crippen LogP contribution >= 0.6 is 11.6 Å². The van der Waals surface area contributed by atoms with Crippen LogP contribution in [0.1, 0.15) is 17.5 Å². The molecule has 3 rings (SSSR count). The monoisotopic (exact) mass is 378 g/mol. The van der Waals surface area contributed by atoms with Crippen LogP contribution in [0.5, 0.6) is 0 Å². The second-order valence-corrected chi connectivity index (χ2v) is 7.15. The molecule has 26 heavy (non-hydrogen) atoms. The maximum atomic E-state index is 13.1. The molecule has 0 aliphatic carbocycles. The van der Waals surface area contributed by atoms with Crippen molar-refractivity contribution in [2.45, 2.75) is 25.5 Å². The van der Waals surface area contributed by atoms with E-state index in [1.165, 1.54) is 12.1 Å². The Morgan fingerprint density at radius 2 is 2.08 bits per heavy atom. The lowest BCUT2D eigenvalue weighted by Gasteiger charge is -2.43. The van der Waals surface area contributed by atoms with Gasteiger partial charge in [-0.1, -0.05) is 23.7 Å². The Morgan fingerprint density at radius 1 is 1.35 bits per heavy atom. The van der Waals surface area contributed by atoms with Crippen molar-refractivity contribution in [2.75, 3.05) is 13.1 Å². The van der Waals surface area contributed by atoms with Crippen LogP contribution in [-0.2, 0) is 17.8 Å². The molecule has 1 aromatic carbocycles. The number of piperidine rings is 1. The van der Waals surface area contributed by atoms with Gasteiger partial charge in [0, 0.05) is 32.0 Å². The Kier molecular flexibility index (Phi) is 5.55. The second-order valence-electron chi connectivity index (χ2n) is 6.75. The van der Waals surface area contributed by atoms with Gasteiger partial charge in [0.2, 0.25) is 0 Å². The van der Waals surface area contributed by atoms with E-state index < -0.39 is 17.5 Å². The topological polar surface area (TPSA) is 73.7 Å². The standard InChI is InChI=1S/C19H20ClFN2O3/c20-16-10-22-7-5-14(16)11-23-8-6-17(24)19(12-23,18(25)26)9-13-1-3-15(21)4-2-13/h1-5,7,10,17,24H,6,8-9,11-12H2,(H,25,26)/t17-,19-/m1/s1. The van der Waals surface area contributed by atoms with Gasteiger partial charge in [-0.2, -0.15) is 0 Å². The predicted molar refractivity (Wildman–Crippen MR) is 95.3 cm³/mol. The quantitative estimate of drug-likeness (QED) is 0.837. The highest BCUT2D eigenvalue weighted by Gasteiger charge is 2.49. The minimum Gasteiger partial charge on any atom is -0.481 e. The van der Waals surface area contributed by atoms with Crippen LogP contribution in [0, 0.1) is 11.2 Å². The molecule has 1 aromatic heterocycles. The average molecular weight is 379 g/mol. The number of halogens is 2. The van der Waals surface area contributed by atoms with Crippen molar-refractivity contribution in [3.63, 3.8) is 0 Å². The van der Waals surface area contributed by atoms with Crippen molar-refractivity contribution in [1.82, 2.24) is 9.88 Å². The van der Waals surface area contributed by atoms with Gasteiger partial charge in [-0.15, -0.1) is 0 Å². The van der Waals surface area contributed by atoms with Gasteiger partial charge in [0.05, 0.1) is 11.1 Å². The Morgan fingerprint density at radius 3 is 2.73 bits per heavy atom. The van der Waals surface area contributed by atoms with E-state index >= 15 is 0 Å². The SMILES string of the molecule is O=C(O)[C@]1(Cc2ccc(F)cc2)CN(Cc2ccncc2Cl)CC[C@H]1O. The van der Waals surface area contributed by atoms with Gasteiger partial charge >= 0.3 is 5.97 Å². The zero-order valence-corrected chi connectivity index (χ0v) is 14.9. The molecule has 138 valence electrons. The zero-order valence-electron chi connectivity index (χ0n) is 14.1. The van der Waals surface area contributed by atoms with Gasteiger partial charge in [0.25, 0.3) is 0 Å². The summed E-state index contributed by atoms with van der Waals surface area (Å²) in [6.07, 6.45) is 2.69. The van der Waals surface area contributed by atoms with E-state index in [-0.39, 0.29) is 18.8 Å². The fourth-order valence-corrected chi connectivity index (χ4v) is 3.68. The number of carboxylic acid groups (broad SMARTS) is 1. The van der Waals surface area contributed by atoms with Crippen molar-refractivity contribution in [3.05, 3.63) is 64.7 Å². The highest BCUT2D eigenvalue weighted by atomic mass is 35.5. The molecule has 0 radical (unpaired) electrons. The fraction of sp³-hybridized carbons (Fsp3) is 0.368. The van der Waals surface area contributed by atoms with Crippen LogP contribution in [0.25, 0.3) is 0 Å². The summed E-state index contributed by atoms with van der Waals surface area (Å²) in [6.45, 7) is 1.23. The van der Waals surface area contributed by atoms with E-state index in [0.29, 0.717) is 30.1 Å². The van der Waals surface area contributed by atoms with Crippen molar-refractivity contribution < 1.29 is 19.4 Å². The summed E-state index contributed by atoms with van der Waals surface area (Å²) in [6, 6.07) is 7.52. The molecule has 0 amide bonds. The molecule has 1 saturated heterocycles. The molecule has 0 bridgehead atoms. The summed E-state index contributed by atoms with van der Waals surface area (Å²) < 4.78 is 13.1. The average Bonchev–Trinajstić information content (AvgIpc) is 2.61. The third-order valence-electron chi connectivity index (χ3n) is 4.97. The number of hydrogen-bond donors (Lipinski definition) is 2. The number of aliphatic carboxylic acids is 1. The molecular formula is C19H20ClFN2O3. The number of likely N-dealkylation sites (tertiary alicyclic amines) is 1.